The van der Waals surface area contributed by atoms with E-state index in [0.717, 1.165) is 12.8 Å². The van der Waals surface area contributed by atoms with Gasteiger partial charge >= 0.3 is 0 Å². The lowest BCUT2D eigenvalue weighted by Gasteiger charge is -2.27. The van der Waals surface area contributed by atoms with Gasteiger partial charge in [0.15, 0.2) is 0 Å². The summed E-state index contributed by atoms with van der Waals surface area (Å²) in [4.78, 5) is 40.4. The van der Waals surface area contributed by atoms with Crippen molar-refractivity contribution in [3.05, 3.63) is 69.9 Å². The topological polar surface area (TPSA) is 62.6 Å². The largest absolute Gasteiger partial charge is 0.342 e. The number of hydrogen-bond donors (Lipinski definition) is 0. The normalized spacial score (nSPS) is 16.9. The first kappa shape index (κ1) is 20.8. The number of carbonyl (C=O) groups excluding carboxylic acids is 2. The van der Waals surface area contributed by atoms with Crippen molar-refractivity contribution in [3.8, 4) is 0 Å². The summed E-state index contributed by atoms with van der Waals surface area (Å²) in [5.41, 5.74) is 0.714. The maximum Gasteiger partial charge on any atom is 0.255 e. The van der Waals surface area contributed by atoms with Gasteiger partial charge in [0.2, 0.25) is 11.5 Å². The van der Waals surface area contributed by atoms with Gasteiger partial charge in [-0.3, -0.25) is 14.4 Å². The minimum Gasteiger partial charge on any atom is -0.342 e. The summed E-state index contributed by atoms with van der Waals surface area (Å²) in [6, 6.07) is 9.26. The molecule has 1 aromatic carbocycles. The van der Waals surface area contributed by atoms with Crippen molar-refractivity contribution in [1.29, 1.82) is 0 Å². The van der Waals surface area contributed by atoms with E-state index in [1.54, 1.807) is 54.4 Å². The average Bonchev–Trinajstić information content (AvgIpc) is 2.97. The standard InChI is InChI=1S/C22H26FN3O3/c1-24-15-17(9-10-20(24)27)22(29)26-12-5-7-18(11-13-26)25(2)21(28)14-16-6-3-4-8-19(16)23/h3-4,6,8-10,15,18H,5,7,11-14H2,1-2H3/t18-/m1/s1. The summed E-state index contributed by atoms with van der Waals surface area (Å²) in [5, 5.41) is 0. The van der Waals surface area contributed by atoms with Gasteiger partial charge in [-0.25, -0.2) is 4.39 Å². The van der Waals surface area contributed by atoms with Crippen molar-refractivity contribution in [2.75, 3.05) is 20.1 Å². The summed E-state index contributed by atoms with van der Waals surface area (Å²) < 4.78 is 15.2. The predicted octanol–water partition coefficient (Wildman–Crippen LogP) is 2.22. The second-order valence-corrected chi connectivity index (χ2v) is 7.52. The number of nitrogens with zero attached hydrogens (tertiary/aromatic N) is 3. The highest BCUT2D eigenvalue weighted by molar-refractivity contribution is 5.93. The molecule has 7 heteroatoms. The van der Waals surface area contributed by atoms with Crippen LogP contribution in [0.5, 0.6) is 0 Å². The molecular weight excluding hydrogens is 373 g/mol. The highest BCUT2D eigenvalue weighted by Gasteiger charge is 2.26. The number of likely N-dealkylation sites (tertiary alicyclic amines) is 1. The Morgan fingerprint density at radius 3 is 2.62 bits per heavy atom. The third-order valence-electron chi connectivity index (χ3n) is 5.56. The predicted molar refractivity (Wildman–Crippen MR) is 108 cm³/mol. The van der Waals surface area contributed by atoms with Crippen LogP contribution in [0.1, 0.15) is 35.2 Å². The molecule has 2 aromatic rings. The Balaban J connectivity index is 1.62. The van der Waals surface area contributed by atoms with Crippen LogP contribution in [0.4, 0.5) is 4.39 Å². The molecule has 0 N–H and O–H groups in total. The lowest BCUT2D eigenvalue weighted by Crippen LogP contribution is -2.39. The third-order valence-corrected chi connectivity index (χ3v) is 5.56. The molecule has 1 fully saturated rings. The van der Waals surface area contributed by atoms with Crippen molar-refractivity contribution in [2.45, 2.75) is 31.7 Å². The van der Waals surface area contributed by atoms with E-state index < -0.39 is 0 Å². The van der Waals surface area contributed by atoms with Crippen LogP contribution in [0.2, 0.25) is 0 Å². The first-order chi connectivity index (χ1) is 13.9. The van der Waals surface area contributed by atoms with E-state index in [4.69, 9.17) is 0 Å². The van der Waals surface area contributed by atoms with E-state index in [-0.39, 0.29) is 35.7 Å². The summed E-state index contributed by atoms with van der Waals surface area (Å²) in [5.74, 6) is -0.608. The fourth-order valence-corrected chi connectivity index (χ4v) is 3.71. The van der Waals surface area contributed by atoms with Gasteiger partial charge in [-0.15, -0.1) is 0 Å². The Morgan fingerprint density at radius 2 is 1.90 bits per heavy atom. The Morgan fingerprint density at radius 1 is 1.14 bits per heavy atom. The van der Waals surface area contributed by atoms with E-state index in [1.807, 2.05) is 0 Å². The fraction of sp³-hybridized carbons (Fsp3) is 0.409. The molecule has 3 rings (SSSR count). The highest BCUT2D eigenvalue weighted by Crippen LogP contribution is 2.19. The van der Waals surface area contributed by atoms with Crippen LogP contribution in [0.3, 0.4) is 0 Å². The van der Waals surface area contributed by atoms with Gasteiger partial charge in [-0.2, -0.15) is 0 Å². The monoisotopic (exact) mass is 399 g/mol. The molecule has 0 spiro atoms. The van der Waals surface area contributed by atoms with Gasteiger partial charge in [-0.05, 0) is 37.0 Å². The Bertz CT molecular complexity index is 956. The number of carbonyl (C=O) groups is 2. The smallest absolute Gasteiger partial charge is 0.255 e. The zero-order chi connectivity index (χ0) is 21.0. The Hall–Kier alpha value is -2.96. The van der Waals surface area contributed by atoms with Gasteiger partial charge in [-0.1, -0.05) is 18.2 Å². The van der Waals surface area contributed by atoms with Gasteiger partial charge in [0.25, 0.3) is 5.91 Å². The van der Waals surface area contributed by atoms with Gasteiger partial charge in [0, 0.05) is 45.5 Å². The van der Waals surface area contributed by atoms with Gasteiger partial charge < -0.3 is 14.4 Å². The minimum atomic E-state index is -0.371. The van der Waals surface area contributed by atoms with E-state index >= 15 is 0 Å². The van der Waals surface area contributed by atoms with Crippen LogP contribution in [-0.2, 0) is 18.3 Å². The molecule has 1 atom stereocenters. The minimum absolute atomic E-state index is 0.00667. The average molecular weight is 399 g/mol. The van der Waals surface area contributed by atoms with Crippen molar-refractivity contribution < 1.29 is 14.0 Å². The first-order valence-corrected chi connectivity index (χ1v) is 9.82. The lowest BCUT2D eigenvalue weighted by atomic mass is 10.1. The molecule has 6 nitrogen and oxygen atoms in total. The number of pyridine rings is 1. The van der Waals surface area contributed by atoms with Crippen molar-refractivity contribution in [1.82, 2.24) is 14.4 Å². The van der Waals surface area contributed by atoms with E-state index in [9.17, 15) is 18.8 Å². The molecule has 1 aliphatic rings. The van der Waals surface area contributed by atoms with E-state index in [1.165, 1.54) is 16.7 Å². The van der Waals surface area contributed by atoms with Crippen molar-refractivity contribution in [2.24, 2.45) is 7.05 Å². The highest BCUT2D eigenvalue weighted by atomic mass is 19.1. The van der Waals surface area contributed by atoms with Crippen LogP contribution in [-0.4, -0.2) is 52.4 Å². The van der Waals surface area contributed by atoms with Crippen LogP contribution in [0.15, 0.2) is 47.4 Å². The molecule has 0 radical (unpaired) electrons. The molecule has 1 aromatic heterocycles. The van der Waals surface area contributed by atoms with E-state index in [2.05, 4.69) is 0 Å². The number of rotatable bonds is 4. The summed E-state index contributed by atoms with van der Waals surface area (Å²) >= 11 is 0. The molecule has 0 saturated carbocycles. The SMILES string of the molecule is CN(C(=O)Cc1ccccc1F)[C@@H]1CCCN(C(=O)c2ccc(=O)n(C)c2)CC1. The number of amides is 2. The Kier molecular flexibility index (Phi) is 6.46. The number of hydrogen-bond acceptors (Lipinski definition) is 3. The number of benzene rings is 1. The zero-order valence-electron chi connectivity index (χ0n) is 16.8. The van der Waals surface area contributed by atoms with E-state index in [0.29, 0.717) is 30.6 Å². The van der Waals surface area contributed by atoms with Gasteiger partial charge in [0.05, 0.1) is 12.0 Å². The number of aromatic nitrogens is 1. The maximum absolute atomic E-state index is 13.8. The van der Waals surface area contributed by atoms with Crippen LogP contribution in [0, 0.1) is 5.82 Å². The molecular formula is C22H26FN3O3. The molecule has 1 saturated heterocycles. The molecule has 1 aliphatic heterocycles. The number of likely N-dealkylation sites (N-methyl/N-ethyl adjacent to an activating group) is 1. The van der Waals surface area contributed by atoms with Gasteiger partial charge in [0.1, 0.15) is 5.82 Å². The molecule has 2 heterocycles. The molecule has 0 bridgehead atoms. The number of halogens is 1. The lowest BCUT2D eigenvalue weighted by molar-refractivity contribution is -0.131. The van der Waals surface area contributed by atoms with Crippen LogP contribution >= 0.6 is 0 Å². The van der Waals surface area contributed by atoms with Crippen LogP contribution < -0.4 is 5.56 Å². The zero-order valence-corrected chi connectivity index (χ0v) is 16.8. The van der Waals surface area contributed by atoms with Crippen molar-refractivity contribution >= 4 is 11.8 Å². The maximum atomic E-state index is 13.8. The second kappa shape index (κ2) is 9.03. The van der Waals surface area contributed by atoms with Crippen LogP contribution in [0.25, 0.3) is 0 Å². The second-order valence-electron chi connectivity index (χ2n) is 7.52. The Labute approximate surface area is 169 Å². The molecule has 2 amide bonds. The molecule has 0 aliphatic carbocycles. The first-order valence-electron chi connectivity index (χ1n) is 9.82. The quantitative estimate of drug-likeness (QED) is 0.792. The molecule has 154 valence electrons. The number of aryl methyl sites for hydroxylation is 1. The summed E-state index contributed by atoms with van der Waals surface area (Å²) in [7, 11) is 3.37. The fourth-order valence-electron chi connectivity index (χ4n) is 3.71. The molecule has 0 unspecified atom stereocenters. The summed E-state index contributed by atoms with van der Waals surface area (Å²) in [6.07, 6.45) is 3.81. The molecule has 29 heavy (non-hydrogen) atoms. The third kappa shape index (κ3) is 4.91. The van der Waals surface area contributed by atoms with Crippen molar-refractivity contribution in [3.63, 3.8) is 0 Å². The summed E-state index contributed by atoms with van der Waals surface area (Å²) in [6.45, 7) is 1.14.